The van der Waals surface area contributed by atoms with Crippen LogP contribution in [0.5, 0.6) is 0 Å². The topological polar surface area (TPSA) is 41.6 Å². The van der Waals surface area contributed by atoms with E-state index in [4.69, 9.17) is 5.26 Å². The molecule has 0 saturated heterocycles. The lowest BCUT2D eigenvalue weighted by Gasteiger charge is -1.97. The molecule has 0 fully saturated rings. The first kappa shape index (κ1) is 15.3. The van der Waals surface area contributed by atoms with Crippen LogP contribution < -0.4 is 0 Å². The van der Waals surface area contributed by atoms with E-state index in [0.717, 1.165) is 27.5 Å². The van der Waals surface area contributed by atoms with Crippen LogP contribution in [0.3, 0.4) is 0 Å². The number of benzene rings is 1. The highest BCUT2D eigenvalue weighted by molar-refractivity contribution is 7.10. The normalized spacial score (nSPS) is 11.0. The fraction of sp³-hybridized carbons (Fsp3) is 0.158. The van der Waals surface area contributed by atoms with Gasteiger partial charge in [0, 0.05) is 23.7 Å². The van der Waals surface area contributed by atoms with Crippen molar-refractivity contribution in [2.24, 2.45) is 7.05 Å². The van der Waals surface area contributed by atoms with Crippen molar-refractivity contribution < 1.29 is 0 Å². The molecule has 0 atom stereocenters. The lowest BCUT2D eigenvalue weighted by atomic mass is 10.1. The molecule has 0 unspecified atom stereocenters. The molecule has 2 aromatic heterocycles. The van der Waals surface area contributed by atoms with Gasteiger partial charge in [0.2, 0.25) is 0 Å². The van der Waals surface area contributed by atoms with E-state index in [1.54, 1.807) is 11.3 Å². The average Bonchev–Trinajstić information content (AvgIpc) is 3.13. The molecule has 3 rings (SSSR count). The van der Waals surface area contributed by atoms with Crippen molar-refractivity contribution in [1.82, 2.24) is 9.55 Å². The summed E-state index contributed by atoms with van der Waals surface area (Å²) in [5.41, 5.74) is 6.18. The Morgan fingerprint density at radius 1 is 1.17 bits per heavy atom. The molecule has 0 spiro atoms. The molecule has 23 heavy (non-hydrogen) atoms. The second-order valence-electron chi connectivity index (χ2n) is 5.51. The van der Waals surface area contributed by atoms with E-state index >= 15 is 0 Å². The second-order valence-corrected chi connectivity index (χ2v) is 6.40. The SMILES string of the molecule is Cc1ccc(-c2csc(C=Cc3cc(C#N)n(C)c3C)n2)cc1. The summed E-state index contributed by atoms with van der Waals surface area (Å²) in [6, 6.07) is 12.5. The Balaban J connectivity index is 1.84. The fourth-order valence-electron chi connectivity index (χ4n) is 2.38. The van der Waals surface area contributed by atoms with Crippen molar-refractivity contribution in [2.75, 3.05) is 0 Å². The van der Waals surface area contributed by atoms with Gasteiger partial charge in [-0.1, -0.05) is 35.9 Å². The van der Waals surface area contributed by atoms with Crippen LogP contribution in [0.25, 0.3) is 23.4 Å². The molecule has 0 radical (unpaired) electrons. The predicted molar refractivity (Wildman–Crippen MR) is 96.1 cm³/mol. The lowest BCUT2D eigenvalue weighted by Crippen LogP contribution is -1.93. The first-order valence-electron chi connectivity index (χ1n) is 7.35. The van der Waals surface area contributed by atoms with Crippen molar-refractivity contribution in [3.8, 4) is 17.3 Å². The minimum atomic E-state index is 0.668. The molecule has 2 heterocycles. The van der Waals surface area contributed by atoms with E-state index in [1.165, 1.54) is 5.56 Å². The van der Waals surface area contributed by atoms with Gasteiger partial charge in [0.05, 0.1) is 5.69 Å². The van der Waals surface area contributed by atoms with Crippen LogP contribution >= 0.6 is 11.3 Å². The summed E-state index contributed by atoms with van der Waals surface area (Å²) in [5, 5.41) is 12.1. The molecule has 114 valence electrons. The molecule has 0 N–H and O–H groups in total. The molecular weight excluding hydrogens is 302 g/mol. The summed E-state index contributed by atoms with van der Waals surface area (Å²) in [4.78, 5) is 4.66. The number of nitriles is 1. The van der Waals surface area contributed by atoms with E-state index in [-0.39, 0.29) is 0 Å². The number of aromatic nitrogens is 2. The van der Waals surface area contributed by atoms with Crippen LogP contribution in [-0.4, -0.2) is 9.55 Å². The molecule has 0 aliphatic heterocycles. The molecule has 3 aromatic rings. The van der Waals surface area contributed by atoms with Crippen molar-refractivity contribution in [2.45, 2.75) is 13.8 Å². The van der Waals surface area contributed by atoms with E-state index in [0.29, 0.717) is 5.69 Å². The minimum absolute atomic E-state index is 0.668. The van der Waals surface area contributed by atoms with E-state index in [2.05, 4.69) is 47.6 Å². The quantitative estimate of drug-likeness (QED) is 0.695. The van der Waals surface area contributed by atoms with E-state index < -0.39 is 0 Å². The van der Waals surface area contributed by atoms with Gasteiger partial charge in [-0.2, -0.15) is 5.26 Å². The highest BCUT2D eigenvalue weighted by atomic mass is 32.1. The molecule has 3 nitrogen and oxygen atoms in total. The Morgan fingerprint density at radius 3 is 2.57 bits per heavy atom. The van der Waals surface area contributed by atoms with E-state index in [1.807, 2.05) is 36.8 Å². The maximum atomic E-state index is 9.09. The number of thiazole rings is 1. The summed E-state index contributed by atoms with van der Waals surface area (Å²) < 4.78 is 1.90. The number of rotatable bonds is 3. The summed E-state index contributed by atoms with van der Waals surface area (Å²) in [7, 11) is 1.91. The summed E-state index contributed by atoms with van der Waals surface area (Å²) in [5.74, 6) is 0. The summed E-state index contributed by atoms with van der Waals surface area (Å²) >= 11 is 1.62. The fourth-order valence-corrected chi connectivity index (χ4v) is 3.10. The van der Waals surface area contributed by atoms with Gasteiger partial charge in [0.25, 0.3) is 0 Å². The van der Waals surface area contributed by atoms with Crippen molar-refractivity contribution >= 4 is 23.5 Å². The van der Waals surface area contributed by atoms with Crippen molar-refractivity contribution in [3.63, 3.8) is 0 Å². The molecule has 0 aliphatic rings. The van der Waals surface area contributed by atoms with Gasteiger partial charge < -0.3 is 4.57 Å². The Labute approximate surface area is 140 Å². The zero-order valence-corrected chi connectivity index (χ0v) is 14.2. The Bertz CT molecular complexity index is 905. The summed E-state index contributed by atoms with van der Waals surface area (Å²) in [6.07, 6.45) is 4.03. The minimum Gasteiger partial charge on any atom is -0.339 e. The molecule has 0 saturated carbocycles. The number of hydrogen-bond donors (Lipinski definition) is 0. The average molecular weight is 319 g/mol. The van der Waals surface area contributed by atoms with Crippen LogP contribution in [0, 0.1) is 25.2 Å². The third kappa shape index (κ3) is 3.10. The highest BCUT2D eigenvalue weighted by Crippen LogP contribution is 2.24. The van der Waals surface area contributed by atoms with Gasteiger partial charge in [0.1, 0.15) is 16.8 Å². The van der Waals surface area contributed by atoms with Gasteiger partial charge in [-0.15, -0.1) is 11.3 Å². The van der Waals surface area contributed by atoms with Crippen LogP contribution in [0.1, 0.15) is 27.5 Å². The second kappa shape index (κ2) is 6.23. The first-order valence-corrected chi connectivity index (χ1v) is 8.23. The number of aryl methyl sites for hydroxylation is 1. The number of nitrogens with zero attached hydrogens (tertiary/aromatic N) is 3. The standard InChI is InChI=1S/C19H17N3S/c1-13-4-6-15(7-5-13)18-12-23-19(21-18)9-8-16-10-17(11-20)22(3)14(16)2/h4-10,12H,1-3H3. The molecular formula is C19H17N3S. The van der Waals surface area contributed by atoms with Crippen molar-refractivity contribution in [1.29, 1.82) is 5.26 Å². The van der Waals surface area contributed by atoms with Gasteiger partial charge >= 0.3 is 0 Å². The van der Waals surface area contributed by atoms with Crippen LogP contribution in [0.15, 0.2) is 35.7 Å². The highest BCUT2D eigenvalue weighted by Gasteiger charge is 2.06. The molecule has 1 aromatic carbocycles. The maximum absolute atomic E-state index is 9.09. The molecule has 0 bridgehead atoms. The number of hydrogen-bond acceptors (Lipinski definition) is 3. The van der Waals surface area contributed by atoms with Gasteiger partial charge in [-0.25, -0.2) is 4.98 Å². The third-order valence-corrected chi connectivity index (χ3v) is 4.77. The van der Waals surface area contributed by atoms with Crippen LogP contribution in [0.2, 0.25) is 0 Å². The van der Waals surface area contributed by atoms with E-state index in [9.17, 15) is 0 Å². The maximum Gasteiger partial charge on any atom is 0.120 e. The van der Waals surface area contributed by atoms with Crippen LogP contribution in [-0.2, 0) is 7.05 Å². The Hall–Kier alpha value is -2.64. The lowest BCUT2D eigenvalue weighted by molar-refractivity contribution is 0.865. The predicted octanol–water partition coefficient (Wildman–Crippen LogP) is 4.81. The first-order chi connectivity index (χ1) is 11.1. The molecule has 0 amide bonds. The smallest absolute Gasteiger partial charge is 0.120 e. The van der Waals surface area contributed by atoms with Crippen molar-refractivity contribution in [3.05, 3.63) is 63.2 Å². The van der Waals surface area contributed by atoms with Gasteiger partial charge in [-0.3, -0.25) is 0 Å². The zero-order chi connectivity index (χ0) is 16.4. The Morgan fingerprint density at radius 2 is 1.91 bits per heavy atom. The van der Waals surface area contributed by atoms with Gasteiger partial charge in [-0.05, 0) is 31.6 Å². The Kier molecular flexibility index (Phi) is 4.14. The zero-order valence-electron chi connectivity index (χ0n) is 13.4. The third-order valence-electron chi connectivity index (χ3n) is 3.96. The van der Waals surface area contributed by atoms with Gasteiger partial charge in [0.15, 0.2) is 0 Å². The monoisotopic (exact) mass is 319 g/mol. The molecule has 4 heteroatoms. The largest absolute Gasteiger partial charge is 0.339 e. The molecule has 0 aliphatic carbocycles. The van der Waals surface area contributed by atoms with Crippen LogP contribution in [0.4, 0.5) is 0 Å². The summed E-state index contributed by atoms with van der Waals surface area (Å²) in [6.45, 7) is 4.09.